The predicted molar refractivity (Wildman–Crippen MR) is 202 cm³/mol. The Kier molecular flexibility index (Phi) is 7.55. The van der Waals surface area contributed by atoms with Gasteiger partial charge in [-0.2, -0.15) is 5.26 Å². The summed E-state index contributed by atoms with van der Waals surface area (Å²) in [6, 6.07) is 46.6. The maximum Gasteiger partial charge on any atom is 0.164 e. The van der Waals surface area contributed by atoms with Gasteiger partial charge in [0.05, 0.1) is 11.6 Å². The summed E-state index contributed by atoms with van der Waals surface area (Å²) < 4.78 is 0. The Morgan fingerprint density at radius 2 is 1.10 bits per heavy atom. The van der Waals surface area contributed by atoms with Gasteiger partial charge in [0.2, 0.25) is 0 Å². The Balaban J connectivity index is 1.07. The lowest BCUT2D eigenvalue weighted by atomic mass is 9.62. The number of hydrogen-bond acceptors (Lipinski definition) is 4. The quantitative estimate of drug-likeness (QED) is 0.187. The van der Waals surface area contributed by atoms with Gasteiger partial charge in [-0.25, -0.2) is 15.0 Å². The van der Waals surface area contributed by atoms with Crippen LogP contribution in [0.25, 0.3) is 56.4 Å². The molecule has 1 spiro atoms. The molecule has 50 heavy (non-hydrogen) atoms. The first-order valence-corrected chi connectivity index (χ1v) is 17.7. The van der Waals surface area contributed by atoms with Gasteiger partial charge in [-0.05, 0) is 88.4 Å². The molecule has 1 saturated carbocycles. The third-order valence-electron chi connectivity index (χ3n) is 11.1. The van der Waals surface area contributed by atoms with Crippen LogP contribution in [0.4, 0.5) is 0 Å². The van der Waals surface area contributed by atoms with Crippen molar-refractivity contribution in [2.45, 2.75) is 43.9 Å². The SMILES string of the molecule is N#Cc1ccc2c(c1)C1(CCCCC1)C1CC(c3cccc(-c4cccc(-c5nc(-c6ccccc6)nc(-c6ccccc6)n5)c4)c3)=CC=C21. The minimum atomic E-state index is 0.124. The fraction of sp³-hybridized carbons (Fsp3) is 0.174. The van der Waals surface area contributed by atoms with E-state index in [2.05, 4.69) is 78.9 Å². The first-order chi connectivity index (χ1) is 24.7. The molecule has 4 nitrogen and oxygen atoms in total. The Labute approximate surface area is 293 Å². The second-order valence-electron chi connectivity index (χ2n) is 13.9. The smallest absolute Gasteiger partial charge is 0.164 e. The van der Waals surface area contributed by atoms with E-state index in [0.717, 1.165) is 34.2 Å². The highest BCUT2D eigenvalue weighted by Crippen LogP contribution is 2.60. The van der Waals surface area contributed by atoms with Crippen LogP contribution in [0, 0.1) is 17.2 Å². The van der Waals surface area contributed by atoms with Crippen LogP contribution in [0.2, 0.25) is 0 Å². The summed E-state index contributed by atoms with van der Waals surface area (Å²) >= 11 is 0. The summed E-state index contributed by atoms with van der Waals surface area (Å²) in [7, 11) is 0. The van der Waals surface area contributed by atoms with Gasteiger partial charge in [0.25, 0.3) is 0 Å². The van der Waals surface area contributed by atoms with Gasteiger partial charge >= 0.3 is 0 Å². The van der Waals surface area contributed by atoms with E-state index in [1.54, 1.807) is 0 Å². The largest absolute Gasteiger partial charge is 0.208 e. The van der Waals surface area contributed by atoms with Crippen molar-refractivity contribution in [3.63, 3.8) is 0 Å². The molecule has 4 heteroatoms. The number of nitrogens with zero attached hydrogens (tertiary/aromatic N) is 4. The van der Waals surface area contributed by atoms with Crippen LogP contribution < -0.4 is 0 Å². The fourth-order valence-electron chi connectivity index (χ4n) is 8.63. The maximum atomic E-state index is 9.74. The van der Waals surface area contributed by atoms with Crippen molar-refractivity contribution < 1.29 is 0 Å². The zero-order chi connectivity index (χ0) is 33.5. The van der Waals surface area contributed by atoms with Crippen molar-refractivity contribution in [3.8, 4) is 51.4 Å². The molecule has 0 saturated heterocycles. The van der Waals surface area contributed by atoms with Gasteiger partial charge < -0.3 is 0 Å². The molecule has 3 aliphatic rings. The molecule has 0 amide bonds. The average molecular weight is 645 g/mol. The number of aromatic nitrogens is 3. The maximum absolute atomic E-state index is 9.74. The van der Waals surface area contributed by atoms with Crippen molar-refractivity contribution in [2.24, 2.45) is 5.92 Å². The molecule has 0 bridgehead atoms. The first-order valence-electron chi connectivity index (χ1n) is 17.7. The number of fused-ring (bicyclic) bond motifs is 5. The van der Waals surface area contributed by atoms with Crippen molar-refractivity contribution in [1.82, 2.24) is 15.0 Å². The Morgan fingerprint density at radius 1 is 0.540 bits per heavy atom. The summed E-state index contributed by atoms with van der Waals surface area (Å²) in [6.45, 7) is 0. The molecular weight excluding hydrogens is 609 g/mol. The van der Waals surface area contributed by atoms with Gasteiger partial charge in [-0.1, -0.05) is 135 Å². The Bertz CT molecular complexity index is 2280. The van der Waals surface area contributed by atoms with Crippen LogP contribution in [0.15, 0.2) is 140 Å². The summed E-state index contributed by atoms with van der Waals surface area (Å²) in [5.74, 6) is 2.42. The normalized spacial score (nSPS) is 17.3. The summed E-state index contributed by atoms with van der Waals surface area (Å²) in [6.07, 6.45) is 11.9. The summed E-state index contributed by atoms with van der Waals surface area (Å²) in [4.78, 5) is 14.8. The Morgan fingerprint density at radius 3 is 1.74 bits per heavy atom. The van der Waals surface area contributed by atoms with Gasteiger partial charge in [-0.3, -0.25) is 0 Å². The minimum absolute atomic E-state index is 0.124. The third-order valence-corrected chi connectivity index (χ3v) is 11.1. The van der Waals surface area contributed by atoms with E-state index in [-0.39, 0.29) is 5.41 Å². The second-order valence-corrected chi connectivity index (χ2v) is 13.9. The molecule has 1 aromatic heterocycles. The molecule has 0 radical (unpaired) electrons. The lowest BCUT2D eigenvalue weighted by molar-refractivity contribution is 0.242. The zero-order valence-electron chi connectivity index (χ0n) is 27.9. The number of hydrogen-bond donors (Lipinski definition) is 0. The molecule has 240 valence electrons. The zero-order valence-corrected chi connectivity index (χ0v) is 27.9. The predicted octanol–water partition coefficient (Wildman–Crippen LogP) is 11.1. The number of benzene rings is 5. The lowest BCUT2D eigenvalue weighted by Crippen LogP contribution is -2.34. The van der Waals surface area contributed by atoms with Gasteiger partial charge in [0.1, 0.15) is 0 Å². The van der Waals surface area contributed by atoms with E-state index in [1.165, 1.54) is 65.5 Å². The van der Waals surface area contributed by atoms with Crippen LogP contribution in [-0.2, 0) is 5.41 Å². The molecule has 9 rings (SSSR count). The van der Waals surface area contributed by atoms with E-state index in [1.807, 2.05) is 66.7 Å². The number of rotatable bonds is 5. The highest BCUT2D eigenvalue weighted by Gasteiger charge is 2.50. The van der Waals surface area contributed by atoms with E-state index in [4.69, 9.17) is 15.0 Å². The van der Waals surface area contributed by atoms with Gasteiger partial charge in [-0.15, -0.1) is 0 Å². The summed E-state index contributed by atoms with van der Waals surface area (Å²) in [5, 5.41) is 9.74. The molecule has 5 aromatic carbocycles. The molecule has 1 heterocycles. The molecule has 1 fully saturated rings. The minimum Gasteiger partial charge on any atom is -0.208 e. The van der Waals surface area contributed by atoms with Crippen molar-refractivity contribution in [2.75, 3.05) is 0 Å². The molecule has 6 aromatic rings. The van der Waals surface area contributed by atoms with E-state index >= 15 is 0 Å². The monoisotopic (exact) mass is 644 g/mol. The van der Waals surface area contributed by atoms with Gasteiger partial charge in [0.15, 0.2) is 17.5 Å². The van der Waals surface area contributed by atoms with Crippen LogP contribution >= 0.6 is 0 Å². The van der Waals surface area contributed by atoms with E-state index in [9.17, 15) is 5.26 Å². The Hall–Kier alpha value is -5.92. The standard InChI is InChI=1S/C46H36N4/c47-30-31-20-22-39-40-23-21-37(29-42(40)46(41(39)26-31)24-8-3-9-25-46)35-17-10-16-34(27-35)36-18-11-19-38(28-36)45-49-43(32-12-4-1-5-13-32)48-44(50-45)33-14-6-2-7-15-33/h1-2,4-7,10-23,26-28,42H,3,8-9,24-25,29H2. The highest BCUT2D eigenvalue weighted by molar-refractivity contribution is 5.87. The first kappa shape index (κ1) is 30.2. The van der Waals surface area contributed by atoms with Crippen molar-refractivity contribution >= 4 is 11.1 Å². The summed E-state index contributed by atoms with van der Waals surface area (Å²) in [5.41, 5.74) is 12.9. The molecule has 0 N–H and O–H groups in total. The third kappa shape index (κ3) is 5.27. The molecule has 1 atom stereocenters. The van der Waals surface area contributed by atoms with Crippen molar-refractivity contribution in [3.05, 3.63) is 162 Å². The van der Waals surface area contributed by atoms with Crippen LogP contribution in [-0.4, -0.2) is 15.0 Å². The van der Waals surface area contributed by atoms with Crippen molar-refractivity contribution in [1.29, 1.82) is 5.26 Å². The van der Waals surface area contributed by atoms with E-state index < -0.39 is 0 Å². The molecular formula is C46H36N4. The second kappa shape index (κ2) is 12.5. The number of allylic oxidation sites excluding steroid dienone is 4. The molecule has 1 unspecified atom stereocenters. The van der Waals surface area contributed by atoms with E-state index in [0.29, 0.717) is 23.4 Å². The fourth-order valence-corrected chi connectivity index (χ4v) is 8.63. The van der Waals surface area contributed by atoms with Crippen LogP contribution in [0.3, 0.4) is 0 Å². The van der Waals surface area contributed by atoms with Crippen LogP contribution in [0.1, 0.15) is 60.8 Å². The average Bonchev–Trinajstić information content (AvgIpc) is 3.45. The molecule has 3 aliphatic carbocycles. The van der Waals surface area contributed by atoms with Gasteiger partial charge in [0, 0.05) is 22.1 Å². The lowest BCUT2D eigenvalue weighted by Gasteiger charge is -2.41. The van der Waals surface area contributed by atoms with Crippen LogP contribution in [0.5, 0.6) is 0 Å². The number of nitriles is 1. The highest BCUT2D eigenvalue weighted by atomic mass is 15.0. The molecule has 0 aliphatic heterocycles. The topological polar surface area (TPSA) is 62.5 Å².